The van der Waals surface area contributed by atoms with Crippen LogP contribution in [0.4, 0.5) is 0 Å². The second-order valence-electron chi connectivity index (χ2n) is 7.83. The summed E-state index contributed by atoms with van der Waals surface area (Å²) in [5, 5.41) is 6.08. The van der Waals surface area contributed by atoms with Crippen LogP contribution in [-0.4, -0.2) is 58.6 Å². The van der Waals surface area contributed by atoms with Crippen LogP contribution in [0, 0.1) is 0 Å². The average molecular weight is 425 g/mol. The molecule has 0 aliphatic carbocycles. The summed E-state index contributed by atoms with van der Waals surface area (Å²) in [4.78, 5) is 22.6. The third-order valence-electron chi connectivity index (χ3n) is 5.65. The van der Waals surface area contributed by atoms with E-state index in [1.54, 1.807) is 11.3 Å². The number of piperazine rings is 1. The molecule has 0 bridgehead atoms. The summed E-state index contributed by atoms with van der Waals surface area (Å²) in [7, 11) is 0. The lowest BCUT2D eigenvalue weighted by Crippen LogP contribution is -2.49. The van der Waals surface area contributed by atoms with Gasteiger partial charge in [0.2, 0.25) is 17.6 Å². The Hall–Kier alpha value is -2.51. The minimum atomic E-state index is 0.255. The Morgan fingerprint density at radius 1 is 1.13 bits per heavy atom. The lowest BCUT2D eigenvalue weighted by atomic mass is 9.97. The minimum absolute atomic E-state index is 0.255. The third-order valence-corrected chi connectivity index (χ3v) is 6.51. The first-order chi connectivity index (χ1) is 14.7. The Morgan fingerprint density at radius 2 is 1.93 bits per heavy atom. The number of thiophene rings is 1. The van der Waals surface area contributed by atoms with Crippen molar-refractivity contribution < 1.29 is 9.32 Å². The highest BCUT2D eigenvalue weighted by molar-refractivity contribution is 7.13. The number of nitrogens with zero attached hydrogens (tertiary/aromatic N) is 4. The molecular weight excluding hydrogens is 396 g/mol. The molecule has 1 saturated heterocycles. The number of benzene rings is 1. The number of aromatic nitrogens is 2. The molecule has 1 fully saturated rings. The zero-order valence-corrected chi connectivity index (χ0v) is 18.2. The van der Waals surface area contributed by atoms with Crippen LogP contribution in [-0.2, 0) is 11.2 Å². The molecule has 1 amide bonds. The number of hydrogen-bond donors (Lipinski definition) is 0. The average Bonchev–Trinajstić information content (AvgIpc) is 3.47. The monoisotopic (exact) mass is 424 g/mol. The molecule has 7 heteroatoms. The zero-order valence-electron chi connectivity index (χ0n) is 17.4. The highest BCUT2D eigenvalue weighted by atomic mass is 32.1. The first-order valence-corrected chi connectivity index (χ1v) is 11.5. The summed E-state index contributed by atoms with van der Waals surface area (Å²) >= 11 is 1.62. The number of rotatable bonds is 8. The van der Waals surface area contributed by atoms with Gasteiger partial charge in [0, 0.05) is 39.0 Å². The van der Waals surface area contributed by atoms with Gasteiger partial charge in [-0.2, -0.15) is 4.98 Å². The van der Waals surface area contributed by atoms with Gasteiger partial charge in [-0.25, -0.2) is 0 Å². The van der Waals surface area contributed by atoms with E-state index >= 15 is 0 Å². The van der Waals surface area contributed by atoms with E-state index in [-0.39, 0.29) is 11.8 Å². The quantitative estimate of drug-likeness (QED) is 0.545. The van der Waals surface area contributed by atoms with Crippen LogP contribution in [0.2, 0.25) is 0 Å². The molecule has 0 saturated carbocycles. The molecule has 1 aliphatic heterocycles. The molecule has 4 rings (SSSR count). The molecule has 2 aromatic heterocycles. The fourth-order valence-electron chi connectivity index (χ4n) is 3.83. The molecule has 0 radical (unpaired) electrons. The van der Waals surface area contributed by atoms with Crippen molar-refractivity contribution in [3.8, 4) is 10.7 Å². The van der Waals surface area contributed by atoms with E-state index in [1.165, 1.54) is 5.56 Å². The van der Waals surface area contributed by atoms with E-state index in [0.717, 1.165) is 50.4 Å². The topological polar surface area (TPSA) is 62.5 Å². The fourth-order valence-corrected chi connectivity index (χ4v) is 4.48. The summed E-state index contributed by atoms with van der Waals surface area (Å²) in [6.45, 7) is 6.59. The molecule has 3 heterocycles. The summed E-state index contributed by atoms with van der Waals surface area (Å²) in [6, 6.07) is 14.3. The lowest BCUT2D eigenvalue weighted by molar-refractivity contribution is -0.133. The molecule has 0 N–H and O–H groups in total. The Labute approximate surface area is 181 Å². The standard InChI is InChI=1S/C23H28N4O2S/c1-18(19-7-3-2-4-8-19)17-22(28)27-14-12-26(13-15-27)11-5-10-21-24-23(25-29-21)20-9-6-16-30-20/h2-4,6-9,16,18H,5,10-15,17H2,1H3. The lowest BCUT2D eigenvalue weighted by Gasteiger charge is -2.35. The van der Waals surface area contributed by atoms with Gasteiger partial charge in [0.1, 0.15) is 0 Å². The summed E-state index contributed by atoms with van der Waals surface area (Å²) in [5.74, 6) is 1.89. The molecule has 158 valence electrons. The Bertz CT molecular complexity index is 918. The number of carbonyl (C=O) groups is 1. The fraction of sp³-hybridized carbons (Fsp3) is 0.435. The third kappa shape index (κ3) is 5.34. The van der Waals surface area contributed by atoms with Crippen LogP contribution in [0.1, 0.15) is 37.1 Å². The van der Waals surface area contributed by atoms with E-state index < -0.39 is 0 Å². The van der Waals surface area contributed by atoms with E-state index in [0.29, 0.717) is 18.1 Å². The number of aryl methyl sites for hydroxylation is 1. The van der Waals surface area contributed by atoms with Crippen LogP contribution < -0.4 is 0 Å². The first kappa shape index (κ1) is 20.8. The molecule has 6 nitrogen and oxygen atoms in total. The second-order valence-corrected chi connectivity index (χ2v) is 8.78. The molecule has 1 atom stereocenters. The van der Waals surface area contributed by atoms with Crippen molar-refractivity contribution in [3.05, 3.63) is 59.3 Å². The highest BCUT2D eigenvalue weighted by Gasteiger charge is 2.22. The Kier molecular flexibility index (Phi) is 6.92. The van der Waals surface area contributed by atoms with Crippen molar-refractivity contribution in [1.29, 1.82) is 0 Å². The predicted molar refractivity (Wildman–Crippen MR) is 118 cm³/mol. The van der Waals surface area contributed by atoms with Gasteiger partial charge in [-0.15, -0.1) is 11.3 Å². The van der Waals surface area contributed by atoms with Gasteiger partial charge < -0.3 is 9.42 Å². The van der Waals surface area contributed by atoms with E-state index in [9.17, 15) is 4.79 Å². The maximum absolute atomic E-state index is 12.7. The van der Waals surface area contributed by atoms with Crippen molar-refractivity contribution >= 4 is 17.2 Å². The maximum atomic E-state index is 12.7. The molecule has 30 heavy (non-hydrogen) atoms. The van der Waals surface area contributed by atoms with Crippen molar-refractivity contribution in [3.63, 3.8) is 0 Å². The van der Waals surface area contributed by atoms with Crippen LogP contribution in [0.25, 0.3) is 10.7 Å². The highest BCUT2D eigenvalue weighted by Crippen LogP contribution is 2.22. The van der Waals surface area contributed by atoms with E-state index in [4.69, 9.17) is 4.52 Å². The molecule has 1 aromatic carbocycles. The largest absolute Gasteiger partial charge is 0.340 e. The Balaban J connectivity index is 1.16. The van der Waals surface area contributed by atoms with Gasteiger partial charge in [-0.1, -0.05) is 48.5 Å². The zero-order chi connectivity index (χ0) is 20.8. The van der Waals surface area contributed by atoms with E-state index in [2.05, 4.69) is 34.1 Å². The van der Waals surface area contributed by atoms with Crippen molar-refractivity contribution in [2.45, 2.75) is 32.1 Å². The van der Waals surface area contributed by atoms with Crippen LogP contribution in [0.5, 0.6) is 0 Å². The normalized spacial score (nSPS) is 16.0. The van der Waals surface area contributed by atoms with Crippen molar-refractivity contribution in [1.82, 2.24) is 19.9 Å². The number of carbonyl (C=O) groups excluding carboxylic acids is 1. The minimum Gasteiger partial charge on any atom is -0.340 e. The van der Waals surface area contributed by atoms with Gasteiger partial charge in [0.15, 0.2) is 0 Å². The van der Waals surface area contributed by atoms with Gasteiger partial charge in [0.25, 0.3) is 0 Å². The SMILES string of the molecule is CC(CC(=O)N1CCN(CCCc2nc(-c3cccs3)no2)CC1)c1ccccc1. The van der Waals surface area contributed by atoms with Crippen LogP contribution in [0.15, 0.2) is 52.4 Å². The predicted octanol–water partition coefficient (Wildman–Crippen LogP) is 4.07. The molecular formula is C23H28N4O2S. The number of amides is 1. The number of hydrogen-bond acceptors (Lipinski definition) is 6. The molecule has 3 aromatic rings. The van der Waals surface area contributed by atoms with Gasteiger partial charge in [-0.3, -0.25) is 9.69 Å². The van der Waals surface area contributed by atoms with Crippen LogP contribution >= 0.6 is 11.3 Å². The van der Waals surface area contributed by atoms with Gasteiger partial charge in [0.05, 0.1) is 4.88 Å². The second kappa shape index (κ2) is 10.00. The van der Waals surface area contributed by atoms with Gasteiger partial charge in [-0.05, 0) is 35.9 Å². The molecule has 1 aliphatic rings. The smallest absolute Gasteiger partial charge is 0.227 e. The molecule has 0 spiro atoms. The molecule has 1 unspecified atom stereocenters. The Morgan fingerprint density at radius 3 is 2.67 bits per heavy atom. The van der Waals surface area contributed by atoms with Crippen molar-refractivity contribution in [2.75, 3.05) is 32.7 Å². The first-order valence-electron chi connectivity index (χ1n) is 10.6. The van der Waals surface area contributed by atoms with Gasteiger partial charge >= 0.3 is 0 Å². The van der Waals surface area contributed by atoms with Crippen LogP contribution in [0.3, 0.4) is 0 Å². The summed E-state index contributed by atoms with van der Waals surface area (Å²) < 4.78 is 5.37. The van der Waals surface area contributed by atoms with E-state index in [1.807, 2.05) is 40.6 Å². The maximum Gasteiger partial charge on any atom is 0.227 e. The summed E-state index contributed by atoms with van der Waals surface area (Å²) in [6.07, 6.45) is 2.34. The summed E-state index contributed by atoms with van der Waals surface area (Å²) in [5.41, 5.74) is 1.23. The van der Waals surface area contributed by atoms with Crippen molar-refractivity contribution in [2.24, 2.45) is 0 Å².